The average molecular weight is 359 g/mol. The summed E-state index contributed by atoms with van der Waals surface area (Å²) in [5.74, 6) is 0.527. The fraction of sp³-hybridized carbons (Fsp3) is 0.125. The van der Waals surface area contributed by atoms with Crippen molar-refractivity contribution in [2.75, 3.05) is 5.32 Å². The Hall–Kier alpha value is -2.34. The normalized spacial score (nSPS) is 10.6. The van der Waals surface area contributed by atoms with Gasteiger partial charge in [-0.3, -0.25) is 4.79 Å². The lowest BCUT2D eigenvalue weighted by Crippen LogP contribution is -2.18. The molecule has 0 aliphatic heterocycles. The molecule has 112 valence electrons. The van der Waals surface area contributed by atoms with E-state index >= 15 is 0 Å². The first-order chi connectivity index (χ1) is 10.6. The number of hydrogen-bond donors (Lipinski definition) is 1. The van der Waals surface area contributed by atoms with Crippen LogP contribution in [0.15, 0.2) is 59.3 Å². The second-order valence-corrected chi connectivity index (χ2v) is 5.87. The SMILES string of the molecule is Cn1cccc1C(=O)Nc1ccnn1Cc1ccc(Br)cc1. The van der Waals surface area contributed by atoms with E-state index in [9.17, 15) is 4.79 Å². The largest absolute Gasteiger partial charge is 0.347 e. The van der Waals surface area contributed by atoms with Crippen LogP contribution in [0, 0.1) is 0 Å². The number of nitrogens with zero attached hydrogens (tertiary/aromatic N) is 3. The lowest BCUT2D eigenvalue weighted by molar-refractivity contribution is 0.101. The standard InChI is InChI=1S/C16H15BrN4O/c1-20-10-2-3-14(20)16(22)19-15-8-9-18-21(15)11-12-4-6-13(17)7-5-12/h2-10H,11H2,1H3,(H,19,22). The van der Waals surface area contributed by atoms with Crippen molar-refractivity contribution >= 4 is 27.7 Å². The second kappa shape index (κ2) is 6.19. The third kappa shape index (κ3) is 3.12. The molecular weight excluding hydrogens is 344 g/mol. The predicted octanol–water partition coefficient (Wildman–Crippen LogP) is 3.28. The van der Waals surface area contributed by atoms with Crippen molar-refractivity contribution in [3.63, 3.8) is 0 Å². The first-order valence-electron chi connectivity index (χ1n) is 6.82. The highest BCUT2D eigenvalue weighted by molar-refractivity contribution is 9.10. The van der Waals surface area contributed by atoms with Gasteiger partial charge in [-0.1, -0.05) is 28.1 Å². The predicted molar refractivity (Wildman–Crippen MR) is 88.8 cm³/mol. The van der Waals surface area contributed by atoms with Crippen molar-refractivity contribution in [2.45, 2.75) is 6.54 Å². The Bertz CT molecular complexity index is 789. The van der Waals surface area contributed by atoms with Crippen molar-refractivity contribution in [3.8, 4) is 0 Å². The summed E-state index contributed by atoms with van der Waals surface area (Å²) in [5, 5.41) is 7.17. The zero-order valence-electron chi connectivity index (χ0n) is 12.0. The van der Waals surface area contributed by atoms with Gasteiger partial charge in [0, 0.05) is 23.8 Å². The number of amides is 1. The first kappa shape index (κ1) is 14.6. The molecule has 0 bridgehead atoms. The van der Waals surface area contributed by atoms with Crippen molar-refractivity contribution in [2.24, 2.45) is 7.05 Å². The molecule has 2 heterocycles. The van der Waals surface area contributed by atoms with Gasteiger partial charge in [-0.2, -0.15) is 5.10 Å². The van der Waals surface area contributed by atoms with Crippen LogP contribution in [-0.2, 0) is 13.6 Å². The summed E-state index contributed by atoms with van der Waals surface area (Å²) in [6, 6.07) is 13.4. The smallest absolute Gasteiger partial charge is 0.273 e. The molecule has 22 heavy (non-hydrogen) atoms. The molecule has 1 aromatic carbocycles. The summed E-state index contributed by atoms with van der Waals surface area (Å²) < 4.78 is 4.59. The highest BCUT2D eigenvalue weighted by Crippen LogP contribution is 2.14. The maximum atomic E-state index is 12.3. The van der Waals surface area contributed by atoms with E-state index in [4.69, 9.17) is 0 Å². The Labute approximate surface area is 136 Å². The molecule has 3 aromatic rings. The van der Waals surface area contributed by atoms with Crippen LogP contribution < -0.4 is 5.32 Å². The summed E-state index contributed by atoms with van der Waals surface area (Å²) >= 11 is 3.42. The van der Waals surface area contributed by atoms with Gasteiger partial charge >= 0.3 is 0 Å². The van der Waals surface area contributed by atoms with E-state index in [1.165, 1.54) is 0 Å². The van der Waals surface area contributed by atoms with Crippen molar-refractivity contribution in [1.29, 1.82) is 0 Å². The van der Waals surface area contributed by atoms with E-state index in [0.717, 1.165) is 10.0 Å². The van der Waals surface area contributed by atoms with Crippen LogP contribution in [-0.4, -0.2) is 20.3 Å². The molecule has 0 saturated heterocycles. The van der Waals surface area contributed by atoms with Crippen LogP contribution in [0.1, 0.15) is 16.1 Å². The average Bonchev–Trinajstić information content (AvgIpc) is 3.11. The van der Waals surface area contributed by atoms with Crippen LogP contribution in [0.3, 0.4) is 0 Å². The van der Waals surface area contributed by atoms with E-state index in [1.54, 1.807) is 27.6 Å². The molecule has 0 unspecified atom stereocenters. The molecule has 0 saturated carbocycles. The molecular formula is C16H15BrN4O. The minimum absolute atomic E-state index is 0.148. The third-order valence-corrected chi connectivity index (χ3v) is 3.91. The lowest BCUT2D eigenvalue weighted by Gasteiger charge is -2.09. The zero-order chi connectivity index (χ0) is 15.5. The summed E-state index contributed by atoms with van der Waals surface area (Å²) in [5.41, 5.74) is 1.72. The quantitative estimate of drug-likeness (QED) is 0.777. The number of halogens is 1. The molecule has 0 radical (unpaired) electrons. The van der Waals surface area contributed by atoms with Gasteiger partial charge in [0.2, 0.25) is 0 Å². The highest BCUT2D eigenvalue weighted by atomic mass is 79.9. The fourth-order valence-electron chi connectivity index (χ4n) is 2.20. The number of anilines is 1. The van der Waals surface area contributed by atoms with Gasteiger partial charge in [0.25, 0.3) is 5.91 Å². The van der Waals surface area contributed by atoms with Gasteiger partial charge in [0.05, 0.1) is 12.7 Å². The monoisotopic (exact) mass is 358 g/mol. The number of carbonyl (C=O) groups excluding carboxylic acids is 1. The van der Waals surface area contributed by atoms with Crippen LogP contribution in [0.2, 0.25) is 0 Å². The van der Waals surface area contributed by atoms with Crippen LogP contribution in [0.5, 0.6) is 0 Å². The first-order valence-corrected chi connectivity index (χ1v) is 7.62. The number of benzene rings is 1. The number of carbonyl (C=O) groups is 1. The van der Waals surface area contributed by atoms with Gasteiger partial charge in [0.1, 0.15) is 11.5 Å². The Kier molecular flexibility index (Phi) is 4.11. The van der Waals surface area contributed by atoms with Gasteiger partial charge in [-0.25, -0.2) is 4.68 Å². The van der Waals surface area contributed by atoms with Crippen LogP contribution >= 0.6 is 15.9 Å². The second-order valence-electron chi connectivity index (χ2n) is 4.96. The molecule has 0 aliphatic carbocycles. The van der Waals surface area contributed by atoms with E-state index in [0.29, 0.717) is 18.1 Å². The highest BCUT2D eigenvalue weighted by Gasteiger charge is 2.12. The third-order valence-electron chi connectivity index (χ3n) is 3.38. The minimum Gasteiger partial charge on any atom is -0.347 e. The number of nitrogens with one attached hydrogen (secondary N) is 1. The molecule has 0 fully saturated rings. The number of hydrogen-bond acceptors (Lipinski definition) is 2. The molecule has 0 atom stereocenters. The minimum atomic E-state index is -0.148. The number of aromatic nitrogens is 3. The molecule has 2 aromatic heterocycles. The van der Waals surface area contributed by atoms with E-state index in [2.05, 4.69) is 26.3 Å². The van der Waals surface area contributed by atoms with E-state index in [1.807, 2.05) is 43.6 Å². The van der Waals surface area contributed by atoms with Crippen molar-refractivity contribution in [1.82, 2.24) is 14.3 Å². The number of rotatable bonds is 4. The van der Waals surface area contributed by atoms with Crippen molar-refractivity contribution in [3.05, 3.63) is 70.6 Å². The Balaban J connectivity index is 1.76. The Morgan fingerprint density at radius 2 is 2.00 bits per heavy atom. The summed E-state index contributed by atoms with van der Waals surface area (Å²) in [6.07, 6.45) is 3.52. The molecule has 3 rings (SSSR count). The van der Waals surface area contributed by atoms with Gasteiger partial charge < -0.3 is 9.88 Å². The maximum Gasteiger partial charge on any atom is 0.273 e. The van der Waals surface area contributed by atoms with Gasteiger partial charge in [-0.15, -0.1) is 0 Å². The summed E-state index contributed by atoms with van der Waals surface area (Å²) in [6.45, 7) is 0.600. The van der Waals surface area contributed by atoms with Gasteiger partial charge in [-0.05, 0) is 29.8 Å². The number of aryl methyl sites for hydroxylation is 1. The fourth-order valence-corrected chi connectivity index (χ4v) is 2.47. The Morgan fingerprint density at radius 3 is 2.68 bits per heavy atom. The zero-order valence-corrected chi connectivity index (χ0v) is 13.6. The Morgan fingerprint density at radius 1 is 1.23 bits per heavy atom. The van der Waals surface area contributed by atoms with E-state index in [-0.39, 0.29) is 5.91 Å². The maximum absolute atomic E-state index is 12.3. The summed E-state index contributed by atoms with van der Waals surface area (Å²) in [7, 11) is 1.84. The van der Waals surface area contributed by atoms with Crippen LogP contribution in [0.25, 0.3) is 0 Å². The van der Waals surface area contributed by atoms with Gasteiger partial charge in [0.15, 0.2) is 0 Å². The topological polar surface area (TPSA) is 51.9 Å². The molecule has 0 spiro atoms. The summed E-state index contributed by atoms with van der Waals surface area (Å²) in [4.78, 5) is 12.3. The molecule has 0 aliphatic rings. The molecule has 1 N–H and O–H groups in total. The molecule has 6 heteroatoms. The molecule has 1 amide bonds. The van der Waals surface area contributed by atoms with E-state index < -0.39 is 0 Å². The van der Waals surface area contributed by atoms with Crippen LogP contribution in [0.4, 0.5) is 5.82 Å². The molecule has 5 nitrogen and oxygen atoms in total. The van der Waals surface area contributed by atoms with Crippen molar-refractivity contribution < 1.29 is 4.79 Å². The lowest BCUT2D eigenvalue weighted by atomic mass is 10.2.